The fourth-order valence-electron chi connectivity index (χ4n) is 2.11. The highest BCUT2D eigenvalue weighted by Crippen LogP contribution is 2.33. The van der Waals surface area contributed by atoms with Crippen LogP contribution in [0.15, 0.2) is 22.3 Å². The van der Waals surface area contributed by atoms with Crippen LogP contribution in [0.5, 0.6) is 0 Å². The molecule has 21 heavy (non-hydrogen) atoms. The van der Waals surface area contributed by atoms with E-state index >= 15 is 0 Å². The van der Waals surface area contributed by atoms with Gasteiger partial charge in [0.1, 0.15) is 11.6 Å². The summed E-state index contributed by atoms with van der Waals surface area (Å²) < 4.78 is 11.0. The molecule has 0 aromatic carbocycles. The molecule has 2 rings (SSSR count). The normalized spacial score (nSPS) is 18.8. The second kappa shape index (κ2) is 6.51. The third-order valence-corrected chi connectivity index (χ3v) is 3.73. The number of carbonyl (C=O) groups excluding carboxylic acids is 1. The second-order valence-corrected chi connectivity index (χ2v) is 6.81. The van der Waals surface area contributed by atoms with Crippen LogP contribution in [-0.2, 0) is 4.74 Å². The van der Waals surface area contributed by atoms with Crippen molar-refractivity contribution in [2.45, 2.75) is 50.5 Å². The molecule has 2 heterocycles. The van der Waals surface area contributed by atoms with Crippen molar-refractivity contribution >= 4 is 17.9 Å². The molecule has 1 amide bonds. The first-order chi connectivity index (χ1) is 9.90. The lowest BCUT2D eigenvalue weighted by atomic mass is 10.2. The number of aromatic nitrogens is 2. The molecular weight excluding hydrogens is 290 g/mol. The maximum Gasteiger partial charge on any atom is 0.410 e. The van der Waals surface area contributed by atoms with Gasteiger partial charge in [0.2, 0.25) is 5.89 Å². The molecular formula is C14H21N3O3S. The summed E-state index contributed by atoms with van der Waals surface area (Å²) in [6.07, 6.45) is 3.16. The number of hydrogen-bond acceptors (Lipinski definition) is 6. The SMILES string of the molecule is C=CCSc1nnc(C2CCCN2C(=O)OC(C)(C)C)o1. The minimum Gasteiger partial charge on any atom is -0.444 e. The van der Waals surface area contributed by atoms with Crippen LogP contribution >= 0.6 is 11.8 Å². The van der Waals surface area contributed by atoms with Crippen molar-refractivity contribution in [2.24, 2.45) is 0 Å². The van der Waals surface area contributed by atoms with Gasteiger partial charge in [0.15, 0.2) is 0 Å². The van der Waals surface area contributed by atoms with E-state index in [-0.39, 0.29) is 12.1 Å². The molecule has 0 bridgehead atoms. The predicted molar refractivity (Wildman–Crippen MR) is 80.1 cm³/mol. The molecule has 1 unspecified atom stereocenters. The number of carbonyl (C=O) groups is 1. The lowest BCUT2D eigenvalue weighted by Crippen LogP contribution is -2.36. The van der Waals surface area contributed by atoms with Crippen LogP contribution in [0.2, 0.25) is 0 Å². The summed E-state index contributed by atoms with van der Waals surface area (Å²) in [4.78, 5) is 13.9. The molecule has 116 valence electrons. The molecule has 1 aliphatic rings. The maximum absolute atomic E-state index is 12.2. The van der Waals surface area contributed by atoms with Crippen molar-refractivity contribution in [3.05, 3.63) is 18.5 Å². The molecule has 0 N–H and O–H groups in total. The molecule has 7 heteroatoms. The number of thioether (sulfide) groups is 1. The minimum atomic E-state index is -0.510. The van der Waals surface area contributed by atoms with Gasteiger partial charge >= 0.3 is 6.09 Å². The summed E-state index contributed by atoms with van der Waals surface area (Å²) in [5.41, 5.74) is -0.510. The summed E-state index contributed by atoms with van der Waals surface area (Å²) in [6, 6.07) is -0.189. The van der Waals surface area contributed by atoms with Crippen molar-refractivity contribution in [3.8, 4) is 0 Å². The van der Waals surface area contributed by atoms with Crippen LogP contribution < -0.4 is 0 Å². The molecule has 1 aromatic heterocycles. The van der Waals surface area contributed by atoms with Crippen molar-refractivity contribution in [1.29, 1.82) is 0 Å². The van der Waals surface area contributed by atoms with Crippen molar-refractivity contribution in [3.63, 3.8) is 0 Å². The summed E-state index contributed by atoms with van der Waals surface area (Å²) in [5, 5.41) is 8.55. The second-order valence-electron chi connectivity index (χ2n) is 5.84. The average Bonchev–Trinajstić information content (AvgIpc) is 3.02. The smallest absolute Gasteiger partial charge is 0.410 e. The quantitative estimate of drug-likeness (QED) is 0.627. The zero-order chi connectivity index (χ0) is 15.5. The number of ether oxygens (including phenoxy) is 1. The molecule has 0 saturated carbocycles. The van der Waals surface area contributed by atoms with Gasteiger partial charge in [0.05, 0.1) is 0 Å². The standard InChI is InChI=1S/C14H21N3O3S/c1-5-9-21-12-16-15-11(19-12)10-7-6-8-17(10)13(18)20-14(2,3)4/h5,10H,1,6-9H2,2-4H3. The van der Waals surface area contributed by atoms with Crippen LogP contribution in [0, 0.1) is 0 Å². The Bertz CT molecular complexity index is 510. The van der Waals surface area contributed by atoms with Crippen molar-refractivity contribution in [2.75, 3.05) is 12.3 Å². The number of rotatable bonds is 4. The van der Waals surface area contributed by atoms with Gasteiger partial charge in [-0.05, 0) is 33.6 Å². The summed E-state index contributed by atoms with van der Waals surface area (Å²) in [6.45, 7) is 9.86. The topological polar surface area (TPSA) is 68.5 Å². The van der Waals surface area contributed by atoms with Gasteiger partial charge < -0.3 is 9.15 Å². The lowest BCUT2D eigenvalue weighted by molar-refractivity contribution is 0.0201. The zero-order valence-corrected chi connectivity index (χ0v) is 13.5. The van der Waals surface area contributed by atoms with Crippen LogP contribution in [-0.4, -0.2) is 39.1 Å². The minimum absolute atomic E-state index is 0.189. The van der Waals surface area contributed by atoms with E-state index in [1.54, 1.807) is 11.0 Å². The van der Waals surface area contributed by atoms with E-state index in [0.717, 1.165) is 12.8 Å². The van der Waals surface area contributed by atoms with E-state index in [1.165, 1.54) is 11.8 Å². The summed E-state index contributed by atoms with van der Waals surface area (Å²) in [5.74, 6) is 1.19. The molecule has 1 atom stereocenters. The van der Waals surface area contributed by atoms with Crippen LogP contribution in [0.1, 0.15) is 45.5 Å². The van der Waals surface area contributed by atoms with E-state index in [2.05, 4.69) is 16.8 Å². The Labute approximate surface area is 128 Å². The maximum atomic E-state index is 12.2. The van der Waals surface area contributed by atoms with Gasteiger partial charge in [-0.2, -0.15) is 0 Å². The Morgan fingerprint density at radius 2 is 2.33 bits per heavy atom. The molecule has 0 spiro atoms. The third kappa shape index (κ3) is 4.23. The van der Waals surface area contributed by atoms with Crippen molar-refractivity contribution < 1.29 is 13.9 Å². The predicted octanol–water partition coefficient (Wildman–Crippen LogP) is 3.42. The molecule has 6 nitrogen and oxygen atoms in total. The van der Waals surface area contributed by atoms with E-state index in [4.69, 9.17) is 9.15 Å². The molecule has 1 saturated heterocycles. The van der Waals surface area contributed by atoms with Gasteiger partial charge in [0.25, 0.3) is 5.22 Å². The van der Waals surface area contributed by atoms with Crippen LogP contribution in [0.4, 0.5) is 4.79 Å². The van der Waals surface area contributed by atoms with E-state index < -0.39 is 5.60 Å². The Morgan fingerprint density at radius 1 is 1.57 bits per heavy atom. The summed E-state index contributed by atoms with van der Waals surface area (Å²) >= 11 is 1.43. The highest BCUT2D eigenvalue weighted by molar-refractivity contribution is 7.99. The number of hydrogen-bond donors (Lipinski definition) is 0. The van der Waals surface area contributed by atoms with Crippen LogP contribution in [0.25, 0.3) is 0 Å². The Hall–Kier alpha value is -1.50. The third-order valence-electron chi connectivity index (χ3n) is 2.91. The van der Waals surface area contributed by atoms with Gasteiger partial charge in [-0.1, -0.05) is 17.8 Å². The Morgan fingerprint density at radius 3 is 3.00 bits per heavy atom. The fourth-order valence-corrected chi connectivity index (χ4v) is 2.61. The van der Waals surface area contributed by atoms with Gasteiger partial charge in [-0.15, -0.1) is 16.8 Å². The van der Waals surface area contributed by atoms with Crippen LogP contribution in [0.3, 0.4) is 0 Å². The molecule has 1 aromatic rings. The Balaban J connectivity index is 2.06. The first-order valence-corrected chi connectivity index (χ1v) is 7.96. The van der Waals surface area contributed by atoms with Gasteiger partial charge in [-0.25, -0.2) is 4.79 Å². The fraction of sp³-hybridized carbons (Fsp3) is 0.643. The van der Waals surface area contributed by atoms with E-state index in [1.807, 2.05) is 20.8 Å². The van der Waals surface area contributed by atoms with E-state index in [9.17, 15) is 4.79 Å². The monoisotopic (exact) mass is 311 g/mol. The largest absolute Gasteiger partial charge is 0.444 e. The van der Waals surface area contributed by atoms with Gasteiger partial charge in [-0.3, -0.25) is 4.90 Å². The zero-order valence-electron chi connectivity index (χ0n) is 12.7. The molecule has 0 aliphatic carbocycles. The highest BCUT2D eigenvalue weighted by Gasteiger charge is 2.36. The average molecular weight is 311 g/mol. The first-order valence-electron chi connectivity index (χ1n) is 6.97. The van der Waals surface area contributed by atoms with E-state index in [0.29, 0.717) is 23.4 Å². The molecule has 1 fully saturated rings. The first kappa shape index (κ1) is 15.9. The highest BCUT2D eigenvalue weighted by atomic mass is 32.2. The lowest BCUT2D eigenvalue weighted by Gasteiger charge is -2.27. The van der Waals surface area contributed by atoms with Crippen molar-refractivity contribution in [1.82, 2.24) is 15.1 Å². The van der Waals surface area contributed by atoms with Gasteiger partial charge in [0, 0.05) is 12.3 Å². The molecule has 1 aliphatic heterocycles. The molecule has 0 radical (unpaired) electrons. The Kier molecular flexibility index (Phi) is 4.92. The number of nitrogens with zero attached hydrogens (tertiary/aromatic N) is 3. The number of likely N-dealkylation sites (tertiary alicyclic amines) is 1. The summed E-state index contributed by atoms with van der Waals surface area (Å²) in [7, 11) is 0. The number of amides is 1.